The quantitative estimate of drug-likeness (QED) is 0.771. The van der Waals surface area contributed by atoms with Crippen LogP contribution in [0, 0.1) is 0 Å². The number of benzene rings is 1. The van der Waals surface area contributed by atoms with Gasteiger partial charge in [-0.25, -0.2) is 0 Å². The SMILES string of the molecule is NCc1ccccc1NC(=O)CCN1C(=O)CCC1=O. The summed E-state index contributed by atoms with van der Waals surface area (Å²) >= 11 is 0. The first-order valence-corrected chi connectivity index (χ1v) is 6.53. The van der Waals surface area contributed by atoms with Crippen LogP contribution >= 0.6 is 0 Å². The van der Waals surface area contributed by atoms with E-state index in [0.717, 1.165) is 10.5 Å². The van der Waals surface area contributed by atoms with Crippen LogP contribution in [0.1, 0.15) is 24.8 Å². The Balaban J connectivity index is 1.89. The van der Waals surface area contributed by atoms with Gasteiger partial charge in [-0.1, -0.05) is 18.2 Å². The number of amides is 3. The van der Waals surface area contributed by atoms with E-state index in [-0.39, 0.29) is 43.5 Å². The van der Waals surface area contributed by atoms with Crippen LogP contribution in [0.15, 0.2) is 24.3 Å². The van der Waals surface area contributed by atoms with Gasteiger partial charge in [0.15, 0.2) is 0 Å². The number of carbonyl (C=O) groups is 3. The Bertz CT molecular complexity index is 526. The van der Waals surface area contributed by atoms with Crippen molar-refractivity contribution in [3.8, 4) is 0 Å². The third-order valence-electron chi connectivity index (χ3n) is 3.23. The van der Waals surface area contributed by atoms with Crippen molar-refractivity contribution in [3.05, 3.63) is 29.8 Å². The number of carbonyl (C=O) groups excluding carboxylic acids is 3. The van der Waals surface area contributed by atoms with Gasteiger partial charge >= 0.3 is 0 Å². The molecule has 0 saturated carbocycles. The Morgan fingerprint density at radius 1 is 1.20 bits per heavy atom. The molecule has 1 saturated heterocycles. The number of hydrogen-bond acceptors (Lipinski definition) is 4. The van der Waals surface area contributed by atoms with E-state index >= 15 is 0 Å². The molecule has 106 valence electrons. The van der Waals surface area contributed by atoms with Gasteiger partial charge in [-0.3, -0.25) is 19.3 Å². The summed E-state index contributed by atoms with van der Waals surface area (Å²) in [5, 5.41) is 2.75. The zero-order valence-corrected chi connectivity index (χ0v) is 11.1. The number of nitrogens with two attached hydrogens (primary N) is 1. The molecule has 0 aromatic heterocycles. The lowest BCUT2D eigenvalue weighted by Crippen LogP contribution is -2.32. The van der Waals surface area contributed by atoms with E-state index in [1.165, 1.54) is 0 Å². The van der Waals surface area contributed by atoms with Gasteiger partial charge in [0.2, 0.25) is 17.7 Å². The van der Waals surface area contributed by atoms with Crippen molar-refractivity contribution in [2.75, 3.05) is 11.9 Å². The molecule has 3 amide bonds. The fourth-order valence-electron chi connectivity index (χ4n) is 2.12. The summed E-state index contributed by atoms with van der Waals surface area (Å²) in [4.78, 5) is 35.8. The van der Waals surface area contributed by atoms with Crippen molar-refractivity contribution < 1.29 is 14.4 Å². The molecular weight excluding hydrogens is 258 g/mol. The molecule has 6 nitrogen and oxygen atoms in total. The number of para-hydroxylation sites is 1. The molecule has 0 aliphatic carbocycles. The van der Waals surface area contributed by atoms with Gasteiger partial charge in [-0.2, -0.15) is 0 Å². The minimum Gasteiger partial charge on any atom is -0.326 e. The summed E-state index contributed by atoms with van der Waals surface area (Å²) in [6.07, 6.45) is 0.587. The largest absolute Gasteiger partial charge is 0.326 e. The van der Waals surface area contributed by atoms with Gasteiger partial charge in [0.1, 0.15) is 0 Å². The van der Waals surface area contributed by atoms with Gasteiger partial charge in [0, 0.05) is 38.0 Å². The van der Waals surface area contributed by atoms with E-state index in [2.05, 4.69) is 5.32 Å². The predicted octanol–water partition coefficient (Wildman–Crippen LogP) is 0.623. The second-order valence-electron chi connectivity index (χ2n) is 4.60. The van der Waals surface area contributed by atoms with E-state index < -0.39 is 0 Å². The van der Waals surface area contributed by atoms with Crippen molar-refractivity contribution in [1.82, 2.24) is 4.90 Å². The first-order chi connectivity index (χ1) is 9.61. The highest BCUT2D eigenvalue weighted by molar-refractivity contribution is 6.02. The Kier molecular flexibility index (Phi) is 4.47. The standard InChI is InChI=1S/C14H17N3O3/c15-9-10-3-1-2-4-11(10)16-12(18)7-8-17-13(19)5-6-14(17)20/h1-4H,5-9,15H2,(H,16,18). The van der Waals surface area contributed by atoms with Crippen LogP contribution in [-0.4, -0.2) is 29.2 Å². The summed E-state index contributed by atoms with van der Waals surface area (Å²) in [6.45, 7) is 0.466. The minimum absolute atomic E-state index is 0.0936. The fraction of sp³-hybridized carbons (Fsp3) is 0.357. The molecule has 1 aliphatic heterocycles. The van der Waals surface area contributed by atoms with Crippen LogP contribution in [-0.2, 0) is 20.9 Å². The maximum absolute atomic E-state index is 11.8. The highest BCUT2D eigenvalue weighted by atomic mass is 16.2. The number of nitrogens with one attached hydrogen (secondary N) is 1. The van der Waals surface area contributed by atoms with Gasteiger partial charge in [0.05, 0.1) is 0 Å². The lowest BCUT2D eigenvalue weighted by Gasteiger charge is -2.14. The summed E-state index contributed by atoms with van der Waals surface area (Å²) in [7, 11) is 0. The third kappa shape index (κ3) is 3.21. The highest BCUT2D eigenvalue weighted by Crippen LogP contribution is 2.15. The second-order valence-corrected chi connectivity index (χ2v) is 4.60. The average molecular weight is 275 g/mol. The summed E-state index contributed by atoms with van der Waals surface area (Å²) in [5.74, 6) is -0.645. The van der Waals surface area contributed by atoms with E-state index in [4.69, 9.17) is 5.73 Å². The molecule has 3 N–H and O–H groups in total. The van der Waals surface area contributed by atoms with Crippen molar-refractivity contribution in [3.63, 3.8) is 0 Å². The Morgan fingerprint density at radius 2 is 1.85 bits per heavy atom. The number of hydrogen-bond donors (Lipinski definition) is 2. The predicted molar refractivity (Wildman–Crippen MR) is 73.5 cm³/mol. The molecule has 0 unspecified atom stereocenters. The summed E-state index contributed by atoms with van der Waals surface area (Å²) in [5.41, 5.74) is 7.10. The van der Waals surface area contributed by atoms with Crippen LogP contribution in [0.25, 0.3) is 0 Å². The molecule has 1 aliphatic rings. The van der Waals surface area contributed by atoms with Crippen molar-refractivity contribution in [2.24, 2.45) is 5.73 Å². The molecular formula is C14H17N3O3. The Morgan fingerprint density at radius 3 is 2.50 bits per heavy atom. The average Bonchev–Trinajstić information content (AvgIpc) is 2.76. The van der Waals surface area contributed by atoms with Gasteiger partial charge in [0.25, 0.3) is 0 Å². The maximum Gasteiger partial charge on any atom is 0.229 e. The van der Waals surface area contributed by atoms with Crippen LogP contribution in [0.4, 0.5) is 5.69 Å². The summed E-state index contributed by atoms with van der Waals surface area (Å²) in [6, 6.07) is 7.26. The zero-order valence-electron chi connectivity index (χ0n) is 11.1. The first kappa shape index (κ1) is 14.2. The van der Waals surface area contributed by atoms with E-state index in [1.54, 1.807) is 6.07 Å². The topological polar surface area (TPSA) is 92.5 Å². The second kappa shape index (κ2) is 6.29. The van der Waals surface area contributed by atoms with Gasteiger partial charge in [-0.05, 0) is 11.6 Å². The zero-order chi connectivity index (χ0) is 14.5. The van der Waals surface area contributed by atoms with E-state index in [9.17, 15) is 14.4 Å². The third-order valence-corrected chi connectivity index (χ3v) is 3.23. The molecule has 0 bridgehead atoms. The van der Waals surface area contributed by atoms with Crippen LogP contribution < -0.4 is 11.1 Å². The lowest BCUT2D eigenvalue weighted by atomic mass is 10.1. The maximum atomic E-state index is 11.8. The Labute approximate surface area is 116 Å². The highest BCUT2D eigenvalue weighted by Gasteiger charge is 2.28. The number of rotatable bonds is 5. The minimum atomic E-state index is -0.238. The van der Waals surface area contributed by atoms with E-state index in [1.807, 2.05) is 18.2 Å². The van der Waals surface area contributed by atoms with Gasteiger partial charge < -0.3 is 11.1 Å². The smallest absolute Gasteiger partial charge is 0.229 e. The molecule has 6 heteroatoms. The van der Waals surface area contributed by atoms with Crippen molar-refractivity contribution in [2.45, 2.75) is 25.8 Å². The molecule has 1 fully saturated rings. The van der Waals surface area contributed by atoms with Crippen molar-refractivity contribution >= 4 is 23.4 Å². The van der Waals surface area contributed by atoms with E-state index in [0.29, 0.717) is 12.2 Å². The lowest BCUT2D eigenvalue weighted by molar-refractivity contribution is -0.138. The Hall–Kier alpha value is -2.21. The molecule has 20 heavy (non-hydrogen) atoms. The molecule has 0 radical (unpaired) electrons. The van der Waals surface area contributed by atoms with Crippen LogP contribution in [0.3, 0.4) is 0 Å². The van der Waals surface area contributed by atoms with Crippen LogP contribution in [0.5, 0.6) is 0 Å². The summed E-state index contributed by atoms with van der Waals surface area (Å²) < 4.78 is 0. The molecule has 1 aromatic carbocycles. The van der Waals surface area contributed by atoms with Crippen molar-refractivity contribution in [1.29, 1.82) is 0 Å². The number of anilines is 1. The van der Waals surface area contributed by atoms with Crippen LogP contribution in [0.2, 0.25) is 0 Å². The normalized spacial score (nSPS) is 14.8. The molecule has 1 aromatic rings. The van der Waals surface area contributed by atoms with Gasteiger partial charge in [-0.15, -0.1) is 0 Å². The molecule has 0 spiro atoms. The number of imide groups is 1. The first-order valence-electron chi connectivity index (χ1n) is 6.53. The molecule has 2 rings (SSSR count). The number of nitrogens with zero attached hydrogens (tertiary/aromatic N) is 1. The molecule has 0 atom stereocenters. The monoisotopic (exact) mass is 275 g/mol. The number of likely N-dealkylation sites (tertiary alicyclic amines) is 1. The molecule has 1 heterocycles. The fourth-order valence-corrected chi connectivity index (χ4v) is 2.12.